The maximum atomic E-state index is 12.5. The first-order valence-corrected chi connectivity index (χ1v) is 8.92. The lowest BCUT2D eigenvalue weighted by Crippen LogP contribution is -1.96. The Hall–Kier alpha value is -1.33. The summed E-state index contributed by atoms with van der Waals surface area (Å²) in [6.45, 7) is 0.277. The van der Waals surface area contributed by atoms with Gasteiger partial charge < -0.3 is 9.47 Å². The second-order valence-electron chi connectivity index (χ2n) is 5.07. The van der Waals surface area contributed by atoms with Crippen LogP contribution in [0.1, 0.15) is 18.4 Å². The van der Waals surface area contributed by atoms with Crippen LogP contribution in [0.25, 0.3) is 6.08 Å². The molecule has 0 spiro atoms. The summed E-state index contributed by atoms with van der Waals surface area (Å²) in [4.78, 5) is 12.5. The van der Waals surface area contributed by atoms with Crippen molar-refractivity contribution in [2.24, 2.45) is 0 Å². The van der Waals surface area contributed by atoms with Gasteiger partial charge in [0.1, 0.15) is 0 Å². The van der Waals surface area contributed by atoms with E-state index in [1.807, 2.05) is 47.8 Å². The molecule has 1 aromatic rings. The minimum absolute atomic E-state index is 0.226. The molecule has 1 saturated carbocycles. The van der Waals surface area contributed by atoms with Crippen LogP contribution >= 0.6 is 23.5 Å². The quantitative estimate of drug-likeness (QED) is 0.735. The number of carbonyl (C=O) groups is 1. The molecule has 4 rings (SSSR count). The number of carbonyl (C=O) groups excluding carboxylic acids is 1. The van der Waals surface area contributed by atoms with Crippen LogP contribution < -0.4 is 9.47 Å². The summed E-state index contributed by atoms with van der Waals surface area (Å²) in [5, 5.41) is 0. The minimum Gasteiger partial charge on any atom is -0.454 e. The molecule has 2 heterocycles. The van der Waals surface area contributed by atoms with Gasteiger partial charge in [-0.1, -0.05) is 6.07 Å². The number of allylic oxidation sites excluding steroid dienone is 2. The Morgan fingerprint density at radius 2 is 1.86 bits per heavy atom. The van der Waals surface area contributed by atoms with Crippen LogP contribution in [0.2, 0.25) is 0 Å². The van der Waals surface area contributed by atoms with Crippen LogP contribution in [0.3, 0.4) is 0 Å². The van der Waals surface area contributed by atoms with Crippen molar-refractivity contribution in [3.05, 3.63) is 39.1 Å². The van der Waals surface area contributed by atoms with Gasteiger partial charge in [-0.3, -0.25) is 4.79 Å². The zero-order valence-corrected chi connectivity index (χ0v) is 13.0. The zero-order chi connectivity index (χ0) is 14.2. The second-order valence-corrected chi connectivity index (χ2v) is 7.54. The first-order valence-electron chi connectivity index (χ1n) is 6.95. The van der Waals surface area contributed by atoms with E-state index in [1.54, 1.807) is 0 Å². The molecule has 0 atom stereocenters. The van der Waals surface area contributed by atoms with Crippen LogP contribution in [0.5, 0.6) is 11.5 Å². The summed E-state index contributed by atoms with van der Waals surface area (Å²) in [6.07, 6.45) is 3.71. The first-order chi connectivity index (χ1) is 10.3. The molecule has 0 aromatic heterocycles. The topological polar surface area (TPSA) is 35.5 Å². The number of Topliss-reactive ketones (excluding diaryl/α,β-unsaturated/α-hetero) is 1. The molecule has 1 saturated heterocycles. The highest BCUT2D eigenvalue weighted by atomic mass is 32.2. The van der Waals surface area contributed by atoms with Crippen LogP contribution in [0.15, 0.2) is 33.6 Å². The molecule has 108 valence electrons. The van der Waals surface area contributed by atoms with Crippen LogP contribution in [0, 0.1) is 0 Å². The number of hydrogen-bond donors (Lipinski definition) is 0. The summed E-state index contributed by atoms with van der Waals surface area (Å²) in [5.41, 5.74) is 2.93. The number of ether oxygens (including phenoxy) is 2. The number of benzene rings is 1. The smallest absolute Gasteiger partial charge is 0.231 e. The molecule has 2 aliphatic heterocycles. The first kappa shape index (κ1) is 13.3. The molecule has 5 heteroatoms. The van der Waals surface area contributed by atoms with E-state index in [2.05, 4.69) is 0 Å². The van der Waals surface area contributed by atoms with Gasteiger partial charge in [-0.25, -0.2) is 0 Å². The standard InChI is InChI=1S/C16H14O3S2/c17-15-11(2-3-12(15)16-20-5-6-21-16)7-10-1-4-13-14(8-10)19-9-18-13/h1,4,7-8H,2-3,5-6,9H2/b11-7+. The molecule has 0 N–H and O–H groups in total. The maximum Gasteiger partial charge on any atom is 0.231 e. The lowest BCUT2D eigenvalue weighted by Gasteiger charge is -2.01. The SMILES string of the molecule is O=C1C(=C2SCCS2)CC/C1=C\c1ccc2c(c1)OCO2. The number of ketones is 1. The fourth-order valence-electron chi connectivity index (χ4n) is 2.70. The Kier molecular flexibility index (Phi) is 3.47. The minimum atomic E-state index is 0.226. The van der Waals surface area contributed by atoms with Crippen LogP contribution in [0.4, 0.5) is 0 Å². The molecule has 0 unspecified atom stereocenters. The molecule has 3 nitrogen and oxygen atoms in total. The predicted molar refractivity (Wildman–Crippen MR) is 86.7 cm³/mol. The fourth-order valence-corrected chi connectivity index (χ4v) is 5.31. The highest BCUT2D eigenvalue weighted by Gasteiger charge is 2.28. The van der Waals surface area contributed by atoms with E-state index in [-0.39, 0.29) is 12.6 Å². The van der Waals surface area contributed by atoms with Gasteiger partial charge in [0, 0.05) is 26.9 Å². The average Bonchev–Trinajstić information content (AvgIpc) is 3.20. The zero-order valence-electron chi connectivity index (χ0n) is 11.4. The van der Waals surface area contributed by atoms with E-state index in [4.69, 9.17) is 9.47 Å². The van der Waals surface area contributed by atoms with E-state index in [9.17, 15) is 4.79 Å². The third-order valence-corrected chi connectivity index (χ3v) is 6.54. The molecule has 21 heavy (non-hydrogen) atoms. The summed E-state index contributed by atoms with van der Waals surface area (Å²) in [7, 11) is 0. The summed E-state index contributed by atoms with van der Waals surface area (Å²) >= 11 is 3.65. The lowest BCUT2D eigenvalue weighted by molar-refractivity contribution is -0.111. The largest absolute Gasteiger partial charge is 0.454 e. The van der Waals surface area contributed by atoms with E-state index < -0.39 is 0 Å². The van der Waals surface area contributed by atoms with Gasteiger partial charge in [0.25, 0.3) is 0 Å². The molecule has 1 aliphatic carbocycles. The van der Waals surface area contributed by atoms with Crippen molar-refractivity contribution in [1.82, 2.24) is 0 Å². The molecule has 0 radical (unpaired) electrons. The highest BCUT2D eigenvalue weighted by Crippen LogP contribution is 2.43. The average molecular weight is 318 g/mol. The molecule has 0 bridgehead atoms. The van der Waals surface area contributed by atoms with E-state index in [0.29, 0.717) is 0 Å². The molecule has 0 amide bonds. The van der Waals surface area contributed by atoms with Crippen molar-refractivity contribution in [1.29, 1.82) is 0 Å². The van der Waals surface area contributed by atoms with Crippen LogP contribution in [-0.4, -0.2) is 24.1 Å². The van der Waals surface area contributed by atoms with E-state index in [1.165, 1.54) is 4.24 Å². The van der Waals surface area contributed by atoms with Gasteiger partial charge in [0.2, 0.25) is 6.79 Å². The Bertz CT molecular complexity index is 668. The van der Waals surface area contributed by atoms with Crippen molar-refractivity contribution >= 4 is 35.4 Å². The number of fused-ring (bicyclic) bond motifs is 1. The fraction of sp³-hybridized carbons (Fsp3) is 0.312. The van der Waals surface area contributed by atoms with Crippen molar-refractivity contribution in [2.75, 3.05) is 18.3 Å². The third-order valence-electron chi connectivity index (χ3n) is 3.74. The Labute approximate surface area is 131 Å². The summed E-state index contributed by atoms with van der Waals surface area (Å²) in [5.74, 6) is 4.01. The monoisotopic (exact) mass is 318 g/mol. The summed E-state index contributed by atoms with van der Waals surface area (Å²) in [6, 6.07) is 5.81. The third kappa shape index (κ3) is 2.49. The van der Waals surface area contributed by atoms with Crippen molar-refractivity contribution < 1.29 is 14.3 Å². The maximum absolute atomic E-state index is 12.5. The number of thioether (sulfide) groups is 2. The molecular weight excluding hydrogens is 304 g/mol. The predicted octanol–water partition coefficient (Wildman–Crippen LogP) is 3.85. The van der Waals surface area contributed by atoms with E-state index in [0.717, 1.165) is 52.6 Å². The second kappa shape index (κ2) is 5.46. The van der Waals surface area contributed by atoms with Gasteiger partial charge in [-0.15, -0.1) is 23.5 Å². The molecule has 1 aromatic carbocycles. The van der Waals surface area contributed by atoms with Crippen molar-refractivity contribution in [2.45, 2.75) is 12.8 Å². The van der Waals surface area contributed by atoms with Gasteiger partial charge in [-0.2, -0.15) is 0 Å². The molecule has 2 fully saturated rings. The Balaban J connectivity index is 1.62. The summed E-state index contributed by atoms with van der Waals surface area (Å²) < 4.78 is 11.9. The van der Waals surface area contributed by atoms with Crippen molar-refractivity contribution in [3.8, 4) is 11.5 Å². The van der Waals surface area contributed by atoms with Gasteiger partial charge in [0.15, 0.2) is 17.3 Å². The van der Waals surface area contributed by atoms with Crippen LogP contribution in [-0.2, 0) is 4.79 Å². The van der Waals surface area contributed by atoms with E-state index >= 15 is 0 Å². The van der Waals surface area contributed by atoms with Gasteiger partial charge >= 0.3 is 0 Å². The number of hydrogen-bond acceptors (Lipinski definition) is 5. The highest BCUT2D eigenvalue weighted by molar-refractivity contribution is 8.25. The molecular formula is C16H14O3S2. The van der Waals surface area contributed by atoms with Gasteiger partial charge in [-0.05, 0) is 36.6 Å². The normalized spacial score (nSPS) is 22.7. The number of rotatable bonds is 1. The Morgan fingerprint density at radius 3 is 2.71 bits per heavy atom. The molecule has 3 aliphatic rings. The van der Waals surface area contributed by atoms with Gasteiger partial charge in [0.05, 0.1) is 0 Å². The Morgan fingerprint density at radius 1 is 1.05 bits per heavy atom. The lowest BCUT2D eigenvalue weighted by atomic mass is 10.1. The van der Waals surface area contributed by atoms with Crippen molar-refractivity contribution in [3.63, 3.8) is 0 Å².